The highest BCUT2D eigenvalue weighted by atomic mass is 32.2. The van der Waals surface area contributed by atoms with Gasteiger partial charge in [-0.25, -0.2) is 27.7 Å². The molecule has 2 aromatic carbocycles. The van der Waals surface area contributed by atoms with E-state index in [1.54, 1.807) is 19.1 Å². The molecule has 0 heterocycles. The van der Waals surface area contributed by atoms with Gasteiger partial charge in [-0.1, -0.05) is 26.0 Å². The Kier molecular flexibility index (Phi) is 12.9. The maximum atomic E-state index is 13.1. The van der Waals surface area contributed by atoms with Gasteiger partial charge in [0.2, 0.25) is 15.6 Å². The van der Waals surface area contributed by atoms with Gasteiger partial charge in [0.15, 0.2) is 6.61 Å². The zero-order chi connectivity index (χ0) is 34.9. The molecule has 2 rings (SSSR count). The second-order valence-corrected chi connectivity index (χ2v) is 12.5. The quantitative estimate of drug-likeness (QED) is 0.0914. The molecule has 0 bridgehead atoms. The first-order valence-corrected chi connectivity index (χ1v) is 15.5. The second kappa shape index (κ2) is 15.8. The number of hydrogen-bond acceptors (Lipinski definition) is 13. The summed E-state index contributed by atoms with van der Waals surface area (Å²) in [6.07, 6.45) is 0.987. The highest BCUT2D eigenvalue weighted by molar-refractivity contribution is 7.89. The number of amides is 1. The van der Waals surface area contributed by atoms with Crippen molar-refractivity contribution in [2.45, 2.75) is 70.3 Å². The number of esters is 3. The molecule has 0 saturated carbocycles. The molecule has 0 spiro atoms. The summed E-state index contributed by atoms with van der Waals surface area (Å²) in [5, 5.41) is 20.4. The average Bonchev–Trinajstić information content (AvgIpc) is 2.94. The molecular formula is C30H39N3O12S. The molecule has 15 nitrogen and oxygen atoms in total. The lowest BCUT2D eigenvalue weighted by Gasteiger charge is -2.26. The Morgan fingerprint density at radius 3 is 2.37 bits per heavy atom. The highest BCUT2D eigenvalue weighted by Gasteiger charge is 2.42. The van der Waals surface area contributed by atoms with E-state index in [-0.39, 0.29) is 37.7 Å². The summed E-state index contributed by atoms with van der Waals surface area (Å²) in [4.78, 5) is 50.5. The number of rotatable bonds is 15. The topological polar surface area (TPSA) is 230 Å². The van der Waals surface area contributed by atoms with E-state index in [4.69, 9.17) is 19.9 Å². The molecule has 0 radical (unpaired) electrons. The van der Waals surface area contributed by atoms with Crippen molar-refractivity contribution >= 4 is 40.1 Å². The Bertz CT molecular complexity index is 1580. The van der Waals surface area contributed by atoms with Gasteiger partial charge < -0.3 is 29.2 Å². The van der Waals surface area contributed by atoms with Gasteiger partial charge in [-0.05, 0) is 74.1 Å². The zero-order valence-corrected chi connectivity index (χ0v) is 27.2. The summed E-state index contributed by atoms with van der Waals surface area (Å²) in [6, 6.07) is 8.68. The van der Waals surface area contributed by atoms with Crippen molar-refractivity contribution in [3.8, 4) is 11.5 Å². The fourth-order valence-corrected chi connectivity index (χ4v) is 4.93. The van der Waals surface area contributed by atoms with Crippen LogP contribution in [0.15, 0.2) is 46.3 Å². The van der Waals surface area contributed by atoms with Gasteiger partial charge in [-0.2, -0.15) is 0 Å². The molecule has 1 atom stereocenters. The first-order chi connectivity index (χ1) is 21.3. The van der Waals surface area contributed by atoms with Crippen molar-refractivity contribution in [2.75, 3.05) is 19.8 Å². The van der Waals surface area contributed by atoms with E-state index in [0.29, 0.717) is 11.3 Å². The Hall–Kier alpha value is -4.38. The minimum Gasteiger partial charge on any atom is -0.507 e. The number of carbonyl (C=O) groups excluding carboxylic acids is 4. The summed E-state index contributed by atoms with van der Waals surface area (Å²) >= 11 is 0. The van der Waals surface area contributed by atoms with Gasteiger partial charge in [-0.15, -0.1) is 0 Å². The number of ether oxygens (including phenoxy) is 4. The summed E-state index contributed by atoms with van der Waals surface area (Å²) in [7, 11) is -4.31. The Morgan fingerprint density at radius 1 is 1.09 bits per heavy atom. The van der Waals surface area contributed by atoms with Gasteiger partial charge in [0.05, 0.1) is 6.61 Å². The van der Waals surface area contributed by atoms with Crippen LogP contribution in [0.3, 0.4) is 0 Å². The molecule has 0 aromatic heterocycles. The third kappa shape index (κ3) is 10.9. The normalized spacial score (nSPS) is 13.2. The summed E-state index contributed by atoms with van der Waals surface area (Å²) in [5.41, 5.74) is 5.06. The van der Waals surface area contributed by atoms with Crippen molar-refractivity contribution in [3.63, 3.8) is 0 Å². The van der Waals surface area contributed by atoms with Crippen molar-refractivity contribution < 1.29 is 56.8 Å². The van der Waals surface area contributed by atoms with Crippen LogP contribution in [0.2, 0.25) is 0 Å². The first-order valence-electron chi connectivity index (χ1n) is 14.1. The standard InChI is InChI=1S/C30H39N3O12S/c1-7-42-26(36)17-43-24-15-22(18(2)3)10-9-21(24)12-13-33-46(40,41)25-14-20(8-11-23(25)35)16-32-27(37)30(31,39)45-28(38)29(5,6)44-19(4)34/h8-11,14-16,18,33,35,39H,7,12-13,17,31H2,1-6H3. The highest BCUT2D eigenvalue weighted by Crippen LogP contribution is 2.27. The van der Waals surface area contributed by atoms with E-state index in [1.807, 2.05) is 19.9 Å². The van der Waals surface area contributed by atoms with Crippen molar-refractivity contribution in [1.29, 1.82) is 0 Å². The van der Waals surface area contributed by atoms with Crippen LogP contribution in [0.1, 0.15) is 64.2 Å². The van der Waals surface area contributed by atoms with Gasteiger partial charge in [0, 0.05) is 19.7 Å². The molecule has 16 heteroatoms. The first kappa shape index (κ1) is 37.8. The fraction of sp³-hybridized carbons (Fsp3) is 0.433. The van der Waals surface area contributed by atoms with E-state index < -0.39 is 56.0 Å². The molecule has 1 amide bonds. The van der Waals surface area contributed by atoms with Crippen LogP contribution in [0, 0.1) is 0 Å². The second-order valence-electron chi connectivity index (χ2n) is 10.7. The lowest BCUT2D eigenvalue weighted by Crippen LogP contribution is -2.54. The van der Waals surface area contributed by atoms with E-state index in [9.17, 15) is 37.8 Å². The zero-order valence-electron chi connectivity index (χ0n) is 26.4. The number of nitrogens with zero attached hydrogens (tertiary/aromatic N) is 1. The van der Waals surface area contributed by atoms with Crippen LogP contribution in [0.4, 0.5) is 0 Å². The number of sulfonamides is 1. The molecule has 5 N–H and O–H groups in total. The number of benzene rings is 2. The summed E-state index contributed by atoms with van der Waals surface area (Å²) in [6.45, 7) is 8.72. The monoisotopic (exact) mass is 665 g/mol. The van der Waals surface area contributed by atoms with Crippen molar-refractivity contribution in [2.24, 2.45) is 10.7 Å². The number of aliphatic imine (C=N–C) groups is 1. The third-order valence-corrected chi connectivity index (χ3v) is 7.63. The van der Waals surface area contributed by atoms with Crippen LogP contribution in [0.25, 0.3) is 0 Å². The predicted octanol–water partition coefficient (Wildman–Crippen LogP) is 1.41. The van der Waals surface area contributed by atoms with E-state index >= 15 is 0 Å². The van der Waals surface area contributed by atoms with Gasteiger partial charge in [-0.3, -0.25) is 15.3 Å². The van der Waals surface area contributed by atoms with Crippen LogP contribution in [-0.4, -0.2) is 79.9 Å². The molecule has 252 valence electrons. The van der Waals surface area contributed by atoms with Gasteiger partial charge in [0.25, 0.3) is 0 Å². The molecule has 0 saturated heterocycles. The Balaban J connectivity index is 2.17. The van der Waals surface area contributed by atoms with Crippen LogP contribution in [-0.2, 0) is 49.8 Å². The van der Waals surface area contributed by atoms with Gasteiger partial charge in [0.1, 0.15) is 16.4 Å². The van der Waals surface area contributed by atoms with Crippen LogP contribution >= 0.6 is 0 Å². The number of nitrogens with two attached hydrogens (primary N) is 1. The molecule has 1 unspecified atom stereocenters. The molecule has 0 aliphatic heterocycles. The van der Waals surface area contributed by atoms with Crippen molar-refractivity contribution in [3.05, 3.63) is 53.1 Å². The molecule has 0 aliphatic carbocycles. The summed E-state index contributed by atoms with van der Waals surface area (Å²) in [5.74, 6) is -7.55. The number of hydrogen-bond donors (Lipinski definition) is 4. The number of carbonyl (C=O) groups is 4. The number of phenols is 1. The van der Waals surface area contributed by atoms with Crippen LogP contribution in [0.5, 0.6) is 11.5 Å². The largest absolute Gasteiger partial charge is 0.507 e. The smallest absolute Gasteiger partial charge is 0.353 e. The molecule has 0 fully saturated rings. The fourth-order valence-electron chi connectivity index (χ4n) is 3.77. The molecule has 0 aliphatic rings. The minimum atomic E-state index is -4.31. The molecular weight excluding hydrogens is 626 g/mol. The summed E-state index contributed by atoms with van der Waals surface area (Å²) < 4.78 is 48.4. The number of aromatic hydroxyl groups is 1. The van der Waals surface area contributed by atoms with E-state index in [0.717, 1.165) is 44.7 Å². The van der Waals surface area contributed by atoms with Gasteiger partial charge >= 0.3 is 29.7 Å². The maximum Gasteiger partial charge on any atom is 0.353 e. The number of nitrogens with one attached hydrogen (secondary N) is 1. The Morgan fingerprint density at radius 2 is 1.76 bits per heavy atom. The SMILES string of the molecule is CCOC(=O)COc1cc(C(C)C)ccc1CCNS(=O)(=O)c1cc(C=NC(=O)C(N)(O)OC(=O)C(C)(C)OC(C)=O)ccc1O. The lowest BCUT2D eigenvalue weighted by molar-refractivity contribution is -0.221. The molecule has 2 aromatic rings. The Labute approximate surface area is 266 Å². The number of aliphatic hydroxyl groups is 1. The maximum absolute atomic E-state index is 13.1. The van der Waals surface area contributed by atoms with E-state index in [1.165, 1.54) is 6.07 Å². The van der Waals surface area contributed by atoms with E-state index in [2.05, 4.69) is 14.5 Å². The van der Waals surface area contributed by atoms with Crippen molar-refractivity contribution in [1.82, 2.24) is 4.72 Å². The average molecular weight is 666 g/mol. The lowest BCUT2D eigenvalue weighted by atomic mass is 10.00. The predicted molar refractivity (Wildman–Crippen MR) is 163 cm³/mol. The van der Waals surface area contributed by atoms with Crippen LogP contribution < -0.4 is 15.2 Å². The minimum absolute atomic E-state index is 0.00665. The third-order valence-electron chi connectivity index (χ3n) is 6.14. The number of phenolic OH excluding ortho intramolecular Hbond substituents is 1. The molecule has 46 heavy (non-hydrogen) atoms.